The predicted octanol–water partition coefficient (Wildman–Crippen LogP) is 4.60. The molecule has 6 heteroatoms. The Hall–Kier alpha value is -2.24. The van der Waals surface area contributed by atoms with Crippen molar-refractivity contribution < 1.29 is 23.8 Å². The van der Waals surface area contributed by atoms with E-state index < -0.39 is 5.60 Å². The lowest BCUT2D eigenvalue weighted by molar-refractivity contribution is -0.140. The third-order valence-electron chi connectivity index (χ3n) is 4.29. The van der Waals surface area contributed by atoms with Gasteiger partial charge in [-0.15, -0.1) is 0 Å². The number of nitrogens with zero attached hydrogens (tertiary/aromatic N) is 1. The molecule has 0 aliphatic heterocycles. The van der Waals surface area contributed by atoms with Crippen LogP contribution in [-0.4, -0.2) is 49.4 Å². The Labute approximate surface area is 169 Å². The lowest BCUT2D eigenvalue weighted by Crippen LogP contribution is -2.40. The van der Waals surface area contributed by atoms with Crippen molar-refractivity contribution in [2.75, 3.05) is 20.8 Å². The zero-order valence-corrected chi connectivity index (χ0v) is 18.1. The molecule has 1 rings (SSSR count). The number of hydrogen-bond acceptors (Lipinski definition) is 5. The van der Waals surface area contributed by atoms with Crippen LogP contribution in [0.25, 0.3) is 0 Å². The maximum atomic E-state index is 12.2. The summed E-state index contributed by atoms with van der Waals surface area (Å²) >= 11 is 0. The molecule has 0 radical (unpaired) electrons. The van der Waals surface area contributed by atoms with Crippen LogP contribution in [0.2, 0.25) is 0 Å². The average Bonchev–Trinajstić information content (AvgIpc) is 2.62. The first-order chi connectivity index (χ1) is 13.1. The third-order valence-corrected chi connectivity index (χ3v) is 4.29. The molecule has 0 saturated heterocycles. The number of amides is 1. The van der Waals surface area contributed by atoms with Crippen molar-refractivity contribution in [3.63, 3.8) is 0 Å². The minimum atomic E-state index is -0.504. The number of carbonyl (C=O) groups is 2. The minimum Gasteiger partial charge on any atom is -0.494 e. The molecule has 1 aromatic rings. The van der Waals surface area contributed by atoms with E-state index in [4.69, 9.17) is 9.47 Å². The van der Waals surface area contributed by atoms with Gasteiger partial charge in [0.05, 0.1) is 13.7 Å². The van der Waals surface area contributed by atoms with E-state index in [1.807, 2.05) is 52.0 Å². The van der Waals surface area contributed by atoms with Crippen LogP contribution in [0.4, 0.5) is 4.79 Å². The number of ether oxygens (including phenoxy) is 3. The Balaban J connectivity index is 2.43. The van der Waals surface area contributed by atoms with Crippen molar-refractivity contribution in [2.24, 2.45) is 0 Å². The molecule has 1 amide bonds. The van der Waals surface area contributed by atoms with Gasteiger partial charge < -0.3 is 19.1 Å². The summed E-state index contributed by atoms with van der Waals surface area (Å²) in [6.45, 7) is 8.19. The number of benzene rings is 1. The minimum absolute atomic E-state index is 0.00317. The molecule has 1 aromatic carbocycles. The number of unbranched alkanes of at least 4 members (excludes halogenated alkanes) is 2. The molecule has 0 saturated carbocycles. The molecule has 0 bridgehead atoms. The molecule has 1 atom stereocenters. The Bertz CT molecular complexity index is 624. The van der Waals surface area contributed by atoms with Gasteiger partial charge in [-0.05, 0) is 71.1 Å². The fraction of sp³-hybridized carbons (Fsp3) is 0.636. The first kappa shape index (κ1) is 23.8. The molecular formula is C22H35NO5. The smallest absolute Gasteiger partial charge is 0.410 e. The Morgan fingerprint density at radius 3 is 2.50 bits per heavy atom. The quantitative estimate of drug-likeness (QED) is 0.429. The van der Waals surface area contributed by atoms with E-state index in [1.54, 1.807) is 11.9 Å². The first-order valence-corrected chi connectivity index (χ1v) is 9.86. The summed E-state index contributed by atoms with van der Waals surface area (Å²) in [5.74, 6) is 0.650. The van der Waals surface area contributed by atoms with Gasteiger partial charge in [-0.1, -0.05) is 12.1 Å². The zero-order valence-electron chi connectivity index (χ0n) is 18.1. The number of rotatable bonds is 10. The summed E-state index contributed by atoms with van der Waals surface area (Å²) in [5.41, 5.74) is 0.599. The van der Waals surface area contributed by atoms with Crippen molar-refractivity contribution >= 4 is 12.1 Å². The van der Waals surface area contributed by atoms with E-state index in [2.05, 4.69) is 4.74 Å². The number of likely N-dealkylation sites (N-methyl/N-ethyl adjacent to an activating group) is 1. The molecule has 0 spiro atoms. The molecule has 0 N–H and O–H groups in total. The monoisotopic (exact) mass is 393 g/mol. The second kappa shape index (κ2) is 11.6. The van der Waals surface area contributed by atoms with E-state index in [0.29, 0.717) is 19.4 Å². The second-order valence-corrected chi connectivity index (χ2v) is 8.03. The molecular weight excluding hydrogens is 358 g/mol. The van der Waals surface area contributed by atoms with Crippen molar-refractivity contribution in [3.8, 4) is 5.75 Å². The van der Waals surface area contributed by atoms with Crippen LogP contribution in [0, 0.1) is 0 Å². The zero-order chi connectivity index (χ0) is 21.2. The third kappa shape index (κ3) is 9.62. The summed E-state index contributed by atoms with van der Waals surface area (Å²) in [5, 5.41) is 0. The van der Waals surface area contributed by atoms with Crippen LogP contribution in [-0.2, 0) is 20.7 Å². The summed E-state index contributed by atoms with van der Waals surface area (Å²) in [4.78, 5) is 24.9. The fourth-order valence-electron chi connectivity index (χ4n) is 2.59. The van der Waals surface area contributed by atoms with Crippen molar-refractivity contribution in [1.82, 2.24) is 4.90 Å². The molecule has 0 unspecified atom stereocenters. The summed E-state index contributed by atoms with van der Waals surface area (Å²) < 4.78 is 15.9. The van der Waals surface area contributed by atoms with Crippen LogP contribution in [0.1, 0.15) is 58.9 Å². The molecule has 158 valence electrons. The van der Waals surface area contributed by atoms with Gasteiger partial charge in [0.2, 0.25) is 0 Å². The van der Waals surface area contributed by atoms with E-state index in [0.717, 1.165) is 30.6 Å². The lowest BCUT2D eigenvalue weighted by Gasteiger charge is -2.28. The molecule has 0 heterocycles. The van der Waals surface area contributed by atoms with Crippen LogP contribution >= 0.6 is 0 Å². The normalized spacial score (nSPS) is 12.2. The number of esters is 1. The Morgan fingerprint density at radius 2 is 1.86 bits per heavy atom. The average molecular weight is 394 g/mol. The van der Waals surface area contributed by atoms with E-state index in [-0.39, 0.29) is 18.1 Å². The highest BCUT2D eigenvalue weighted by molar-refractivity contribution is 5.69. The summed E-state index contributed by atoms with van der Waals surface area (Å²) in [6.07, 6.45) is 3.47. The van der Waals surface area contributed by atoms with Crippen LogP contribution < -0.4 is 4.74 Å². The summed E-state index contributed by atoms with van der Waals surface area (Å²) in [6, 6.07) is 7.93. The van der Waals surface area contributed by atoms with Crippen LogP contribution in [0.5, 0.6) is 5.75 Å². The maximum Gasteiger partial charge on any atom is 0.410 e. The van der Waals surface area contributed by atoms with Gasteiger partial charge in [0, 0.05) is 19.5 Å². The van der Waals surface area contributed by atoms with Gasteiger partial charge in [0.15, 0.2) is 0 Å². The number of methoxy groups -OCH3 is 1. The van der Waals surface area contributed by atoms with E-state index in [9.17, 15) is 9.59 Å². The van der Waals surface area contributed by atoms with Crippen molar-refractivity contribution in [2.45, 2.75) is 71.4 Å². The maximum absolute atomic E-state index is 12.2. The Kier molecular flexibility index (Phi) is 9.83. The number of carbonyl (C=O) groups excluding carboxylic acids is 2. The summed E-state index contributed by atoms with van der Waals surface area (Å²) in [7, 11) is 3.16. The molecule has 0 aliphatic carbocycles. The highest BCUT2D eigenvalue weighted by Gasteiger charge is 2.23. The Morgan fingerprint density at radius 1 is 1.14 bits per heavy atom. The van der Waals surface area contributed by atoms with Gasteiger partial charge in [0.25, 0.3) is 0 Å². The van der Waals surface area contributed by atoms with Gasteiger partial charge in [0.1, 0.15) is 11.4 Å². The van der Waals surface area contributed by atoms with Crippen molar-refractivity contribution in [1.29, 1.82) is 0 Å². The van der Waals surface area contributed by atoms with Crippen molar-refractivity contribution in [3.05, 3.63) is 29.8 Å². The largest absolute Gasteiger partial charge is 0.494 e. The lowest BCUT2D eigenvalue weighted by atomic mass is 10.1. The fourth-order valence-corrected chi connectivity index (χ4v) is 2.59. The molecule has 0 aromatic heterocycles. The highest BCUT2D eigenvalue weighted by Crippen LogP contribution is 2.18. The number of hydrogen-bond donors (Lipinski definition) is 0. The molecule has 28 heavy (non-hydrogen) atoms. The van der Waals surface area contributed by atoms with Gasteiger partial charge in [-0.25, -0.2) is 4.79 Å². The predicted molar refractivity (Wildman–Crippen MR) is 110 cm³/mol. The van der Waals surface area contributed by atoms with E-state index >= 15 is 0 Å². The SMILES string of the molecule is COC(=O)CCCCCOc1cccc(C[C@H](C)N(C)C(=O)OC(C)(C)C)c1. The van der Waals surface area contributed by atoms with Crippen LogP contribution in [0.3, 0.4) is 0 Å². The molecule has 0 fully saturated rings. The van der Waals surface area contributed by atoms with E-state index in [1.165, 1.54) is 7.11 Å². The highest BCUT2D eigenvalue weighted by atomic mass is 16.6. The van der Waals surface area contributed by atoms with Gasteiger partial charge in [-0.2, -0.15) is 0 Å². The van der Waals surface area contributed by atoms with Gasteiger partial charge in [-0.3, -0.25) is 4.79 Å². The van der Waals surface area contributed by atoms with Gasteiger partial charge >= 0.3 is 12.1 Å². The standard InChI is InChI=1S/C22H35NO5/c1-17(23(5)21(25)28-22(2,3)4)15-18-11-10-12-19(16-18)27-14-9-7-8-13-20(24)26-6/h10-12,16-17H,7-9,13-15H2,1-6H3/t17-/m0/s1. The first-order valence-electron chi connectivity index (χ1n) is 9.86. The second-order valence-electron chi connectivity index (χ2n) is 8.03. The topological polar surface area (TPSA) is 65.1 Å². The molecule has 6 nitrogen and oxygen atoms in total. The van der Waals surface area contributed by atoms with Crippen LogP contribution in [0.15, 0.2) is 24.3 Å². The molecule has 0 aliphatic rings.